The van der Waals surface area contributed by atoms with Gasteiger partial charge >= 0.3 is 18.4 Å². The fraction of sp³-hybridized carbons (Fsp3) is 0.481. The molecule has 0 aliphatic carbocycles. The summed E-state index contributed by atoms with van der Waals surface area (Å²) in [6, 6.07) is 11.5. The molecule has 38 heavy (non-hydrogen) atoms. The highest BCUT2D eigenvalue weighted by Gasteiger charge is 2.31. The van der Waals surface area contributed by atoms with Crippen molar-refractivity contribution in [1.82, 2.24) is 4.90 Å². The molecule has 0 aliphatic heterocycles. The molecule has 0 heterocycles. The number of carboxylic acids is 1. The Morgan fingerprint density at radius 1 is 0.921 bits per heavy atom. The number of carboxylic acid groups (broad SMARTS) is 1. The molecular formula is C27H34F3NO7. The first-order chi connectivity index (χ1) is 17.8. The molecule has 1 unspecified atom stereocenters. The van der Waals surface area contributed by atoms with Gasteiger partial charge in [0.1, 0.15) is 23.9 Å². The predicted molar refractivity (Wildman–Crippen MR) is 133 cm³/mol. The van der Waals surface area contributed by atoms with Crippen molar-refractivity contribution in [3.63, 3.8) is 0 Å². The zero-order chi connectivity index (χ0) is 28.3. The molecule has 1 amide bonds. The molecule has 2 aromatic carbocycles. The maximum Gasteiger partial charge on any atom is 0.573 e. The number of nitrogens with zero attached hydrogens (tertiary/aromatic N) is 1. The van der Waals surface area contributed by atoms with Crippen molar-refractivity contribution in [2.24, 2.45) is 5.41 Å². The third-order valence-corrected chi connectivity index (χ3v) is 5.27. The van der Waals surface area contributed by atoms with E-state index in [1.54, 1.807) is 31.2 Å². The number of carbonyl (C=O) groups is 2. The highest BCUT2D eigenvalue weighted by atomic mass is 19.4. The van der Waals surface area contributed by atoms with E-state index in [4.69, 9.17) is 14.2 Å². The van der Waals surface area contributed by atoms with Crippen LogP contribution in [0.25, 0.3) is 0 Å². The number of ether oxygens (including phenoxy) is 4. The Bertz CT molecular complexity index is 1020. The lowest BCUT2D eigenvalue weighted by molar-refractivity contribution is -0.274. The van der Waals surface area contributed by atoms with E-state index in [1.807, 2.05) is 20.8 Å². The van der Waals surface area contributed by atoms with Crippen LogP contribution in [0.3, 0.4) is 0 Å². The molecule has 0 aliphatic rings. The van der Waals surface area contributed by atoms with Crippen LogP contribution in [-0.4, -0.2) is 60.8 Å². The fourth-order valence-corrected chi connectivity index (χ4v) is 3.27. The van der Waals surface area contributed by atoms with E-state index in [1.165, 1.54) is 17.0 Å². The zero-order valence-corrected chi connectivity index (χ0v) is 21.9. The first-order valence-electron chi connectivity index (χ1n) is 12.1. The molecule has 0 fully saturated rings. The van der Waals surface area contributed by atoms with E-state index in [-0.39, 0.29) is 30.7 Å². The predicted octanol–water partition coefficient (Wildman–Crippen LogP) is 5.93. The average molecular weight is 542 g/mol. The van der Waals surface area contributed by atoms with Gasteiger partial charge in [-0.25, -0.2) is 9.59 Å². The van der Waals surface area contributed by atoms with Gasteiger partial charge in [-0.15, -0.1) is 13.2 Å². The quantitative estimate of drug-likeness (QED) is 0.336. The molecule has 11 heteroatoms. The van der Waals surface area contributed by atoms with Gasteiger partial charge in [0.2, 0.25) is 0 Å². The normalized spacial score (nSPS) is 12.5. The summed E-state index contributed by atoms with van der Waals surface area (Å²) in [6.07, 6.45) is -5.50. The number of benzene rings is 2. The third kappa shape index (κ3) is 11.7. The van der Waals surface area contributed by atoms with Crippen LogP contribution in [0.5, 0.6) is 17.2 Å². The number of halogens is 3. The molecule has 0 saturated carbocycles. The standard InChI is InChI=1S/C27H34F3NO7/c1-5-35-23(24(32)33)18-19-6-8-20(9-7-19)36-17-16-31(15-14-26(2,3)4)25(34)37-21-10-12-22(13-11-21)38-27(28,29)30/h6-13,23H,5,14-18H2,1-4H3,(H,32,33). The lowest BCUT2D eigenvalue weighted by Crippen LogP contribution is -2.38. The Kier molecular flexibility index (Phi) is 11.2. The minimum Gasteiger partial charge on any atom is -0.492 e. The summed E-state index contributed by atoms with van der Waals surface area (Å²) in [5.74, 6) is -0.826. The van der Waals surface area contributed by atoms with E-state index in [2.05, 4.69) is 4.74 Å². The van der Waals surface area contributed by atoms with Gasteiger partial charge in [0.15, 0.2) is 6.10 Å². The lowest BCUT2D eigenvalue weighted by atomic mass is 9.92. The van der Waals surface area contributed by atoms with Crippen molar-refractivity contribution in [3.05, 3.63) is 54.1 Å². The third-order valence-electron chi connectivity index (χ3n) is 5.27. The summed E-state index contributed by atoms with van der Waals surface area (Å²) >= 11 is 0. The summed E-state index contributed by atoms with van der Waals surface area (Å²) in [6.45, 7) is 8.89. The smallest absolute Gasteiger partial charge is 0.492 e. The van der Waals surface area contributed by atoms with Gasteiger partial charge in [-0.05, 0) is 60.7 Å². The van der Waals surface area contributed by atoms with Crippen molar-refractivity contribution in [2.75, 3.05) is 26.3 Å². The van der Waals surface area contributed by atoms with Gasteiger partial charge in [-0.2, -0.15) is 0 Å². The zero-order valence-electron chi connectivity index (χ0n) is 21.9. The van der Waals surface area contributed by atoms with E-state index >= 15 is 0 Å². The fourth-order valence-electron chi connectivity index (χ4n) is 3.27. The summed E-state index contributed by atoms with van der Waals surface area (Å²) in [4.78, 5) is 25.6. The molecule has 210 valence electrons. The Labute approximate surface area is 220 Å². The van der Waals surface area contributed by atoms with E-state index in [0.717, 1.165) is 17.7 Å². The number of aliphatic carboxylic acids is 1. The number of rotatable bonds is 13. The lowest BCUT2D eigenvalue weighted by Gasteiger charge is -2.26. The van der Waals surface area contributed by atoms with Crippen LogP contribution in [0.4, 0.5) is 18.0 Å². The Hall–Kier alpha value is -3.47. The number of hydrogen-bond acceptors (Lipinski definition) is 6. The van der Waals surface area contributed by atoms with Gasteiger partial charge in [0.05, 0.1) is 6.54 Å². The topological polar surface area (TPSA) is 94.5 Å². The van der Waals surface area contributed by atoms with Crippen molar-refractivity contribution < 1.29 is 46.8 Å². The molecule has 0 spiro atoms. The van der Waals surface area contributed by atoms with Crippen molar-refractivity contribution in [2.45, 2.75) is 53.0 Å². The Morgan fingerprint density at radius 2 is 1.50 bits per heavy atom. The molecule has 2 rings (SSSR count). The molecule has 0 saturated heterocycles. The summed E-state index contributed by atoms with van der Waals surface area (Å²) in [7, 11) is 0. The number of amides is 1. The van der Waals surface area contributed by atoms with Crippen LogP contribution in [0, 0.1) is 5.41 Å². The minimum atomic E-state index is -4.81. The SMILES string of the molecule is CCOC(Cc1ccc(OCCN(CCC(C)(C)C)C(=O)Oc2ccc(OC(F)(F)F)cc2)cc1)C(=O)O. The van der Waals surface area contributed by atoms with E-state index < -0.39 is 30.3 Å². The number of hydrogen-bond donors (Lipinski definition) is 1. The molecular weight excluding hydrogens is 507 g/mol. The molecule has 1 N–H and O–H groups in total. The molecule has 0 radical (unpaired) electrons. The molecule has 0 aromatic heterocycles. The monoisotopic (exact) mass is 541 g/mol. The van der Waals surface area contributed by atoms with Crippen LogP contribution < -0.4 is 14.2 Å². The van der Waals surface area contributed by atoms with Crippen LogP contribution in [0.1, 0.15) is 39.7 Å². The van der Waals surface area contributed by atoms with Crippen LogP contribution in [-0.2, 0) is 16.0 Å². The summed E-state index contributed by atoms with van der Waals surface area (Å²) in [5.41, 5.74) is 0.724. The average Bonchev–Trinajstić information content (AvgIpc) is 2.81. The first kappa shape index (κ1) is 30.8. The Balaban J connectivity index is 1.96. The van der Waals surface area contributed by atoms with E-state index in [0.29, 0.717) is 25.3 Å². The second kappa shape index (κ2) is 13.9. The maximum atomic E-state index is 12.8. The molecule has 0 bridgehead atoms. The minimum absolute atomic E-state index is 0.0545. The molecule has 8 nitrogen and oxygen atoms in total. The van der Waals surface area contributed by atoms with Gasteiger partial charge in [-0.1, -0.05) is 32.9 Å². The summed E-state index contributed by atoms with van der Waals surface area (Å²) in [5, 5.41) is 9.23. The van der Waals surface area contributed by atoms with Crippen molar-refractivity contribution in [1.29, 1.82) is 0 Å². The second-order valence-corrected chi connectivity index (χ2v) is 9.66. The maximum absolute atomic E-state index is 12.8. The van der Waals surface area contributed by atoms with E-state index in [9.17, 15) is 27.9 Å². The molecule has 1 atom stereocenters. The Morgan fingerprint density at radius 3 is 2.03 bits per heavy atom. The largest absolute Gasteiger partial charge is 0.573 e. The van der Waals surface area contributed by atoms with Crippen molar-refractivity contribution in [3.8, 4) is 17.2 Å². The van der Waals surface area contributed by atoms with Gasteiger partial charge in [0.25, 0.3) is 0 Å². The highest BCUT2D eigenvalue weighted by molar-refractivity contribution is 5.72. The number of alkyl halides is 3. The van der Waals surface area contributed by atoms with Crippen molar-refractivity contribution >= 4 is 12.1 Å². The highest BCUT2D eigenvalue weighted by Crippen LogP contribution is 2.25. The van der Waals surface area contributed by atoms with Crippen LogP contribution in [0.2, 0.25) is 0 Å². The van der Waals surface area contributed by atoms with Crippen LogP contribution in [0.15, 0.2) is 48.5 Å². The molecule has 2 aromatic rings. The van der Waals surface area contributed by atoms with Gasteiger partial charge < -0.3 is 29.0 Å². The van der Waals surface area contributed by atoms with Crippen LogP contribution >= 0.6 is 0 Å². The first-order valence-corrected chi connectivity index (χ1v) is 12.1. The van der Waals surface area contributed by atoms with Gasteiger partial charge in [-0.3, -0.25) is 0 Å². The van der Waals surface area contributed by atoms with Gasteiger partial charge in [0, 0.05) is 19.6 Å². The summed E-state index contributed by atoms with van der Waals surface area (Å²) < 4.78 is 57.2. The number of carbonyl (C=O) groups excluding carboxylic acids is 1. The second-order valence-electron chi connectivity index (χ2n) is 9.66.